The first-order valence-corrected chi connectivity index (χ1v) is 8.88. The molecule has 5 nitrogen and oxygen atoms in total. The highest BCUT2D eigenvalue weighted by Crippen LogP contribution is 2.26. The second-order valence-corrected chi connectivity index (χ2v) is 7.00. The van der Waals surface area contributed by atoms with Crippen LogP contribution in [0.2, 0.25) is 0 Å². The van der Waals surface area contributed by atoms with Crippen molar-refractivity contribution in [1.82, 2.24) is 10.6 Å². The summed E-state index contributed by atoms with van der Waals surface area (Å²) in [5.41, 5.74) is 0.511. The fraction of sp³-hybridized carbons (Fsp3) is 0.632. The molecule has 1 aromatic rings. The molecule has 0 aliphatic carbocycles. The van der Waals surface area contributed by atoms with Crippen LogP contribution in [0.3, 0.4) is 0 Å². The van der Waals surface area contributed by atoms with Crippen LogP contribution < -0.4 is 10.6 Å². The van der Waals surface area contributed by atoms with Gasteiger partial charge in [-0.1, -0.05) is 43.7 Å². The van der Waals surface area contributed by atoms with Gasteiger partial charge in [0.1, 0.15) is 0 Å². The summed E-state index contributed by atoms with van der Waals surface area (Å²) in [6.07, 6.45) is 3.54. The molecule has 1 aliphatic rings. The fourth-order valence-corrected chi connectivity index (χ4v) is 3.27. The molecule has 0 saturated carbocycles. The lowest BCUT2D eigenvalue weighted by atomic mass is 9.94. The van der Waals surface area contributed by atoms with E-state index in [0.717, 1.165) is 44.5 Å². The largest absolute Gasteiger partial charge is 0.394 e. The van der Waals surface area contributed by atoms with E-state index in [9.17, 15) is 9.90 Å². The molecule has 3 N–H and O–H groups in total. The molecule has 2 rings (SSSR count). The van der Waals surface area contributed by atoms with E-state index < -0.39 is 5.54 Å². The predicted octanol–water partition coefficient (Wildman–Crippen LogP) is 3.00. The van der Waals surface area contributed by atoms with Gasteiger partial charge in [0.25, 0.3) is 0 Å². The van der Waals surface area contributed by atoms with E-state index in [1.54, 1.807) is 0 Å². The Hall–Kier alpha value is -1.59. The van der Waals surface area contributed by atoms with Crippen LogP contribution in [-0.2, 0) is 4.74 Å². The van der Waals surface area contributed by atoms with Gasteiger partial charge in [0.15, 0.2) is 0 Å². The van der Waals surface area contributed by atoms with E-state index in [-0.39, 0.29) is 18.7 Å². The standard InChI is InChI=1S/C19H30N2O3/c1-3-10-19(2,14-22)21-18(23)20-17(12-15-9-11-24-13-15)16-7-5-4-6-8-16/h4-8,15,17,22H,3,9-14H2,1-2H3,(H2,20,21,23). The summed E-state index contributed by atoms with van der Waals surface area (Å²) in [5, 5.41) is 15.6. The number of hydrogen-bond donors (Lipinski definition) is 3. The number of urea groups is 1. The fourth-order valence-electron chi connectivity index (χ4n) is 3.27. The molecule has 1 aliphatic heterocycles. The summed E-state index contributed by atoms with van der Waals surface area (Å²) in [6, 6.07) is 9.75. The molecule has 0 radical (unpaired) electrons. The van der Waals surface area contributed by atoms with Gasteiger partial charge < -0.3 is 20.5 Å². The van der Waals surface area contributed by atoms with Crippen molar-refractivity contribution < 1.29 is 14.6 Å². The molecule has 1 saturated heterocycles. The lowest BCUT2D eigenvalue weighted by Crippen LogP contribution is -2.53. The number of nitrogens with one attached hydrogen (secondary N) is 2. The lowest BCUT2D eigenvalue weighted by Gasteiger charge is -2.30. The quantitative estimate of drug-likeness (QED) is 0.684. The zero-order valence-electron chi connectivity index (χ0n) is 14.8. The van der Waals surface area contributed by atoms with Crippen molar-refractivity contribution in [1.29, 1.82) is 0 Å². The number of amides is 2. The normalized spacial score (nSPS) is 21.0. The van der Waals surface area contributed by atoms with Gasteiger partial charge in [-0.2, -0.15) is 0 Å². The summed E-state index contributed by atoms with van der Waals surface area (Å²) in [6.45, 7) is 5.41. The zero-order valence-corrected chi connectivity index (χ0v) is 14.8. The van der Waals surface area contributed by atoms with Gasteiger partial charge in [0.2, 0.25) is 0 Å². The third-order valence-corrected chi connectivity index (χ3v) is 4.67. The van der Waals surface area contributed by atoms with Crippen LogP contribution in [0.5, 0.6) is 0 Å². The molecule has 1 heterocycles. The van der Waals surface area contributed by atoms with Crippen LogP contribution in [0.25, 0.3) is 0 Å². The van der Waals surface area contributed by atoms with E-state index in [1.165, 1.54) is 0 Å². The molecule has 1 fully saturated rings. The first-order valence-electron chi connectivity index (χ1n) is 8.88. The minimum absolute atomic E-state index is 0.0533. The Morgan fingerprint density at radius 2 is 2.17 bits per heavy atom. The Labute approximate surface area is 144 Å². The van der Waals surface area contributed by atoms with Crippen molar-refractivity contribution in [3.63, 3.8) is 0 Å². The molecule has 3 atom stereocenters. The van der Waals surface area contributed by atoms with Crippen LogP contribution in [0.4, 0.5) is 4.79 Å². The molecular weight excluding hydrogens is 304 g/mol. The zero-order chi connectivity index (χ0) is 17.4. The Bertz CT molecular complexity index is 503. The van der Waals surface area contributed by atoms with Gasteiger partial charge in [0, 0.05) is 13.2 Å². The lowest BCUT2D eigenvalue weighted by molar-refractivity contribution is 0.160. The van der Waals surface area contributed by atoms with Gasteiger partial charge in [0.05, 0.1) is 18.2 Å². The molecule has 0 spiro atoms. The van der Waals surface area contributed by atoms with E-state index in [2.05, 4.69) is 10.6 Å². The summed E-state index contributed by atoms with van der Waals surface area (Å²) < 4.78 is 5.47. The van der Waals surface area contributed by atoms with Crippen molar-refractivity contribution in [3.05, 3.63) is 35.9 Å². The SMILES string of the molecule is CCCC(C)(CO)NC(=O)NC(CC1CCOC1)c1ccccc1. The summed E-state index contributed by atoms with van der Waals surface area (Å²) in [5.74, 6) is 0.468. The monoisotopic (exact) mass is 334 g/mol. The average molecular weight is 334 g/mol. The van der Waals surface area contributed by atoms with Crippen LogP contribution in [0, 0.1) is 5.92 Å². The van der Waals surface area contributed by atoms with E-state index in [0.29, 0.717) is 5.92 Å². The van der Waals surface area contributed by atoms with Crippen LogP contribution in [0.1, 0.15) is 51.1 Å². The minimum atomic E-state index is -0.587. The number of aliphatic hydroxyl groups is 1. The molecule has 3 unspecified atom stereocenters. The smallest absolute Gasteiger partial charge is 0.315 e. The van der Waals surface area contributed by atoms with Crippen LogP contribution in [0.15, 0.2) is 30.3 Å². The third-order valence-electron chi connectivity index (χ3n) is 4.67. The molecule has 2 amide bonds. The first kappa shape index (κ1) is 18.7. The summed E-state index contributed by atoms with van der Waals surface area (Å²) >= 11 is 0. The number of ether oxygens (including phenoxy) is 1. The highest BCUT2D eigenvalue weighted by atomic mass is 16.5. The second kappa shape index (κ2) is 9.04. The topological polar surface area (TPSA) is 70.6 Å². The number of benzene rings is 1. The van der Waals surface area contributed by atoms with Crippen molar-refractivity contribution in [2.24, 2.45) is 5.92 Å². The Balaban J connectivity index is 2.02. The molecule has 0 bridgehead atoms. The van der Waals surface area contributed by atoms with Crippen molar-refractivity contribution in [3.8, 4) is 0 Å². The molecule has 5 heteroatoms. The van der Waals surface area contributed by atoms with Crippen molar-refractivity contribution >= 4 is 6.03 Å². The number of carbonyl (C=O) groups excluding carboxylic acids is 1. The third kappa shape index (κ3) is 5.49. The Morgan fingerprint density at radius 3 is 2.75 bits per heavy atom. The maximum atomic E-state index is 12.5. The summed E-state index contributed by atoms with van der Waals surface area (Å²) in [4.78, 5) is 12.5. The van der Waals surface area contributed by atoms with Crippen LogP contribution >= 0.6 is 0 Å². The Morgan fingerprint density at radius 1 is 1.42 bits per heavy atom. The number of rotatable bonds is 8. The highest BCUT2D eigenvalue weighted by Gasteiger charge is 2.27. The number of carbonyl (C=O) groups is 1. The van der Waals surface area contributed by atoms with Crippen molar-refractivity contribution in [2.75, 3.05) is 19.8 Å². The van der Waals surface area contributed by atoms with Gasteiger partial charge >= 0.3 is 6.03 Å². The minimum Gasteiger partial charge on any atom is -0.394 e. The van der Waals surface area contributed by atoms with E-state index in [1.807, 2.05) is 44.2 Å². The average Bonchev–Trinajstić information content (AvgIpc) is 3.08. The van der Waals surface area contributed by atoms with Gasteiger partial charge in [-0.3, -0.25) is 0 Å². The molecule has 1 aromatic carbocycles. The second-order valence-electron chi connectivity index (χ2n) is 7.00. The number of aliphatic hydroxyl groups excluding tert-OH is 1. The molecule has 24 heavy (non-hydrogen) atoms. The van der Waals surface area contributed by atoms with E-state index >= 15 is 0 Å². The highest BCUT2D eigenvalue weighted by molar-refractivity contribution is 5.75. The summed E-state index contributed by atoms with van der Waals surface area (Å²) in [7, 11) is 0. The molecular formula is C19H30N2O3. The van der Waals surface area contributed by atoms with Gasteiger partial charge in [-0.15, -0.1) is 0 Å². The predicted molar refractivity (Wildman–Crippen MR) is 94.8 cm³/mol. The number of hydrogen-bond acceptors (Lipinski definition) is 3. The van der Waals surface area contributed by atoms with Crippen LogP contribution in [-0.4, -0.2) is 36.5 Å². The maximum absolute atomic E-state index is 12.5. The molecule has 0 aromatic heterocycles. The van der Waals surface area contributed by atoms with E-state index in [4.69, 9.17) is 4.74 Å². The van der Waals surface area contributed by atoms with Gasteiger partial charge in [-0.05, 0) is 37.7 Å². The maximum Gasteiger partial charge on any atom is 0.315 e. The first-order chi connectivity index (χ1) is 11.6. The Kier molecular flexibility index (Phi) is 7.06. The molecule has 134 valence electrons. The van der Waals surface area contributed by atoms with Crippen molar-refractivity contribution in [2.45, 2.75) is 51.1 Å². The van der Waals surface area contributed by atoms with Gasteiger partial charge in [-0.25, -0.2) is 4.79 Å².